The Kier molecular flexibility index (Phi) is 14.7. The highest BCUT2D eigenvalue weighted by atomic mass is 32.1. The fourth-order valence-corrected chi connectivity index (χ4v) is 3.02. The van der Waals surface area contributed by atoms with Crippen molar-refractivity contribution in [2.75, 3.05) is 12.3 Å². The molecule has 146 valence electrons. The van der Waals surface area contributed by atoms with Crippen molar-refractivity contribution in [3.8, 4) is 0 Å². The molecular formula is C20H39B2N3S. The number of benzene rings is 1. The first-order valence-corrected chi connectivity index (χ1v) is 9.87. The molecule has 0 aliphatic carbocycles. The van der Waals surface area contributed by atoms with Gasteiger partial charge in [-0.3, -0.25) is 0 Å². The quantitative estimate of drug-likeness (QED) is 0.338. The van der Waals surface area contributed by atoms with Gasteiger partial charge < -0.3 is 15.2 Å². The molecule has 1 aromatic rings. The summed E-state index contributed by atoms with van der Waals surface area (Å²) in [5.41, 5.74) is 4.62. The standard InChI is InChI=1S/C15H29B2N3S.C3H4.C2H6/c1-12(2)20(16(5)18-7)17(6)19-14-11-9-8-10-13(14)15(3,4)21;1-3-2;1-2/h8-12,18-19,21H,1-7H3;1-2H2;1-2H3. The average molecular weight is 375 g/mol. The third-order valence-electron chi connectivity index (χ3n) is 3.86. The largest absolute Gasteiger partial charge is 0.415 e. The van der Waals surface area contributed by atoms with E-state index >= 15 is 0 Å². The molecule has 0 amide bonds. The lowest BCUT2D eigenvalue weighted by molar-refractivity contribution is 0.522. The Bertz CT molecular complexity index is 524. The Morgan fingerprint density at radius 1 is 1.12 bits per heavy atom. The highest BCUT2D eigenvalue weighted by molar-refractivity contribution is 7.81. The molecule has 0 bridgehead atoms. The summed E-state index contributed by atoms with van der Waals surface area (Å²) in [6.45, 7) is 23.9. The Morgan fingerprint density at radius 3 is 1.96 bits per heavy atom. The first-order chi connectivity index (χ1) is 12.1. The van der Waals surface area contributed by atoms with Crippen molar-refractivity contribution in [3.05, 3.63) is 48.7 Å². The summed E-state index contributed by atoms with van der Waals surface area (Å²) < 4.78 is 2.25. The summed E-state index contributed by atoms with van der Waals surface area (Å²) in [5.74, 6) is 0. The first-order valence-electron chi connectivity index (χ1n) is 9.42. The van der Waals surface area contributed by atoms with Crippen LogP contribution in [0.1, 0.15) is 47.1 Å². The van der Waals surface area contributed by atoms with Crippen molar-refractivity contribution < 1.29 is 0 Å². The Hall–Kier alpha value is -1.06. The minimum Gasteiger partial charge on any atom is -0.415 e. The summed E-state index contributed by atoms with van der Waals surface area (Å²) in [7, 11) is 2.00. The molecule has 0 fully saturated rings. The van der Waals surface area contributed by atoms with Crippen LogP contribution in [0, 0.1) is 0 Å². The van der Waals surface area contributed by atoms with Gasteiger partial charge in [0.2, 0.25) is 0 Å². The number of thiol groups is 1. The zero-order valence-electron chi connectivity index (χ0n) is 18.4. The zero-order valence-corrected chi connectivity index (χ0v) is 19.2. The van der Waals surface area contributed by atoms with E-state index in [0.717, 1.165) is 5.69 Å². The number of nitrogens with zero attached hydrogens (tertiary/aromatic N) is 1. The second-order valence-corrected chi connectivity index (χ2v) is 7.80. The highest BCUT2D eigenvalue weighted by Gasteiger charge is 2.29. The van der Waals surface area contributed by atoms with Crippen LogP contribution in [0.3, 0.4) is 0 Å². The molecule has 0 heterocycles. The molecule has 0 unspecified atom stereocenters. The zero-order chi connectivity index (χ0) is 20.9. The van der Waals surface area contributed by atoms with Crippen LogP contribution in [-0.4, -0.2) is 31.8 Å². The maximum Gasteiger partial charge on any atom is 0.326 e. The van der Waals surface area contributed by atoms with E-state index < -0.39 is 0 Å². The van der Waals surface area contributed by atoms with Crippen molar-refractivity contribution in [1.29, 1.82) is 0 Å². The number of hydrogen-bond acceptors (Lipinski definition) is 4. The molecule has 0 saturated heterocycles. The molecule has 1 rings (SSSR count). The van der Waals surface area contributed by atoms with Gasteiger partial charge in [-0.05, 0) is 38.6 Å². The topological polar surface area (TPSA) is 27.3 Å². The molecule has 0 aliphatic rings. The third-order valence-corrected chi connectivity index (χ3v) is 4.10. The maximum absolute atomic E-state index is 4.72. The summed E-state index contributed by atoms with van der Waals surface area (Å²) in [6, 6.07) is 8.86. The predicted molar refractivity (Wildman–Crippen MR) is 127 cm³/mol. The fraction of sp³-hybridized carbons (Fsp3) is 0.550. The van der Waals surface area contributed by atoms with E-state index in [2.05, 4.69) is 99.7 Å². The number of hydrogen-bond donors (Lipinski definition) is 3. The molecule has 0 radical (unpaired) electrons. The van der Waals surface area contributed by atoms with Crippen LogP contribution in [0.2, 0.25) is 13.6 Å². The van der Waals surface area contributed by atoms with E-state index in [1.807, 2.05) is 20.9 Å². The molecular weight excluding hydrogens is 336 g/mol. The second-order valence-electron chi connectivity index (χ2n) is 6.68. The Balaban J connectivity index is 0. The van der Waals surface area contributed by atoms with E-state index in [-0.39, 0.29) is 11.7 Å². The number of para-hydroxylation sites is 1. The molecule has 6 heteroatoms. The number of nitrogens with one attached hydrogen (secondary N) is 2. The maximum atomic E-state index is 4.72. The fourth-order valence-electron chi connectivity index (χ4n) is 2.82. The van der Waals surface area contributed by atoms with Gasteiger partial charge in [-0.1, -0.05) is 72.7 Å². The normalized spacial score (nSPS) is 10.2. The van der Waals surface area contributed by atoms with Crippen molar-refractivity contribution >= 4 is 32.3 Å². The summed E-state index contributed by atoms with van der Waals surface area (Å²) >= 11 is 4.72. The van der Waals surface area contributed by atoms with Crippen LogP contribution in [0.25, 0.3) is 0 Å². The van der Waals surface area contributed by atoms with Gasteiger partial charge in [-0.15, -0.1) is 5.73 Å². The summed E-state index contributed by atoms with van der Waals surface area (Å²) in [5, 5.41) is 6.98. The van der Waals surface area contributed by atoms with Gasteiger partial charge in [-0.25, -0.2) is 0 Å². The first kappa shape index (κ1) is 27.2. The minimum atomic E-state index is -0.166. The number of rotatable bonds is 7. The summed E-state index contributed by atoms with van der Waals surface area (Å²) in [4.78, 5) is 0. The van der Waals surface area contributed by atoms with Gasteiger partial charge in [0.15, 0.2) is 0 Å². The highest BCUT2D eigenvalue weighted by Crippen LogP contribution is 2.33. The van der Waals surface area contributed by atoms with Gasteiger partial charge in [-0.2, -0.15) is 12.6 Å². The molecule has 0 spiro atoms. The van der Waals surface area contributed by atoms with Crippen molar-refractivity contribution in [2.45, 2.75) is 66.0 Å². The molecule has 0 aliphatic heterocycles. The molecule has 3 nitrogen and oxygen atoms in total. The molecule has 2 N–H and O–H groups in total. The minimum absolute atomic E-state index is 0.166. The van der Waals surface area contributed by atoms with Gasteiger partial charge in [0, 0.05) is 10.4 Å². The van der Waals surface area contributed by atoms with E-state index in [9.17, 15) is 0 Å². The lowest BCUT2D eigenvalue weighted by atomic mass is 9.61. The SMILES string of the molecule is C=C=C.CC.CNB(C)N(B(C)Nc1ccccc1C(C)(C)S)C(C)C. The van der Waals surface area contributed by atoms with E-state index in [1.54, 1.807) is 0 Å². The van der Waals surface area contributed by atoms with Crippen LogP contribution < -0.4 is 10.5 Å². The lowest BCUT2D eigenvalue weighted by Gasteiger charge is -2.36. The van der Waals surface area contributed by atoms with Crippen LogP contribution in [0.4, 0.5) is 5.69 Å². The van der Waals surface area contributed by atoms with Gasteiger partial charge in [0.25, 0.3) is 6.98 Å². The molecule has 0 aromatic heterocycles. The van der Waals surface area contributed by atoms with Gasteiger partial charge >= 0.3 is 6.98 Å². The van der Waals surface area contributed by atoms with Crippen LogP contribution in [0.15, 0.2) is 43.2 Å². The van der Waals surface area contributed by atoms with Crippen LogP contribution >= 0.6 is 12.6 Å². The molecule has 26 heavy (non-hydrogen) atoms. The van der Waals surface area contributed by atoms with Crippen molar-refractivity contribution in [1.82, 2.24) is 9.95 Å². The van der Waals surface area contributed by atoms with Crippen molar-refractivity contribution in [3.63, 3.8) is 0 Å². The average Bonchev–Trinajstić information content (AvgIpc) is 2.56. The Labute approximate surface area is 169 Å². The predicted octanol–water partition coefficient (Wildman–Crippen LogP) is 5.41. The lowest BCUT2D eigenvalue weighted by Crippen LogP contribution is -2.59. The van der Waals surface area contributed by atoms with E-state index in [4.69, 9.17) is 12.6 Å². The molecule has 0 atom stereocenters. The second kappa shape index (κ2) is 14.1. The molecule has 1 aromatic carbocycles. The van der Waals surface area contributed by atoms with Crippen LogP contribution in [0.5, 0.6) is 0 Å². The Morgan fingerprint density at radius 2 is 1.58 bits per heavy atom. The van der Waals surface area contributed by atoms with Crippen molar-refractivity contribution in [2.24, 2.45) is 0 Å². The monoisotopic (exact) mass is 375 g/mol. The number of anilines is 1. The van der Waals surface area contributed by atoms with E-state index in [0.29, 0.717) is 13.0 Å². The molecule has 0 saturated carbocycles. The third kappa shape index (κ3) is 9.59. The van der Waals surface area contributed by atoms with E-state index in [1.165, 1.54) is 5.56 Å². The van der Waals surface area contributed by atoms with Gasteiger partial charge in [0.05, 0.1) is 0 Å². The summed E-state index contributed by atoms with van der Waals surface area (Å²) in [6.07, 6.45) is 0. The van der Waals surface area contributed by atoms with Gasteiger partial charge in [0.1, 0.15) is 0 Å². The smallest absolute Gasteiger partial charge is 0.326 e. The van der Waals surface area contributed by atoms with Crippen LogP contribution in [-0.2, 0) is 4.75 Å².